The largest absolute Gasteiger partial charge is 0.376 e. The van der Waals surface area contributed by atoms with Gasteiger partial charge in [0.05, 0.1) is 18.2 Å². The van der Waals surface area contributed by atoms with Crippen LogP contribution < -0.4 is 10.6 Å². The second-order valence-electron chi connectivity index (χ2n) is 5.19. The van der Waals surface area contributed by atoms with Gasteiger partial charge in [-0.15, -0.1) is 0 Å². The van der Waals surface area contributed by atoms with Crippen molar-refractivity contribution in [3.05, 3.63) is 0 Å². The average Bonchev–Trinajstić information content (AvgIpc) is 2.76. The lowest BCUT2D eigenvalue weighted by atomic mass is 10.1. The number of likely N-dealkylation sites (N-methyl/N-ethyl adjacent to an activating group) is 1. The summed E-state index contributed by atoms with van der Waals surface area (Å²) in [5, 5.41) is 6.06. The zero-order valence-corrected chi connectivity index (χ0v) is 11.3. The first kappa shape index (κ1) is 14.5. The number of rotatable bonds is 7. The van der Waals surface area contributed by atoms with E-state index in [1.165, 1.54) is 25.7 Å². The smallest absolute Gasteiger partial charge is 0.239 e. The van der Waals surface area contributed by atoms with Crippen LogP contribution in [0.4, 0.5) is 0 Å². The minimum atomic E-state index is -0.498. The molecule has 0 aliphatic heterocycles. The summed E-state index contributed by atoms with van der Waals surface area (Å²) < 4.78 is 5.69. The Bertz CT molecular complexity index is 236. The van der Waals surface area contributed by atoms with Crippen molar-refractivity contribution in [2.45, 2.75) is 58.1 Å². The second-order valence-corrected chi connectivity index (χ2v) is 5.19. The summed E-state index contributed by atoms with van der Waals surface area (Å²) in [7, 11) is 0. The highest BCUT2D eigenvalue weighted by molar-refractivity contribution is 5.85. The molecular weight excluding hydrogens is 216 g/mol. The van der Waals surface area contributed by atoms with Crippen LogP contribution in [0.5, 0.6) is 0 Å². The third-order valence-corrected chi connectivity index (χ3v) is 3.23. The number of ether oxygens (including phenoxy) is 1. The van der Waals surface area contributed by atoms with E-state index in [0.717, 1.165) is 6.54 Å². The molecule has 0 heterocycles. The van der Waals surface area contributed by atoms with E-state index in [9.17, 15) is 4.79 Å². The van der Waals surface area contributed by atoms with Crippen LogP contribution in [0.1, 0.15) is 46.5 Å². The predicted molar refractivity (Wildman–Crippen MR) is 69.0 cm³/mol. The minimum Gasteiger partial charge on any atom is -0.376 e. The van der Waals surface area contributed by atoms with Gasteiger partial charge >= 0.3 is 0 Å². The van der Waals surface area contributed by atoms with Crippen LogP contribution in [0.25, 0.3) is 0 Å². The van der Waals surface area contributed by atoms with Gasteiger partial charge in [0, 0.05) is 6.54 Å². The Labute approximate surface area is 104 Å². The highest BCUT2D eigenvalue weighted by atomic mass is 16.5. The molecule has 0 unspecified atom stereocenters. The summed E-state index contributed by atoms with van der Waals surface area (Å²) in [5.74, 6) is 0.0365. The molecule has 2 N–H and O–H groups in total. The Morgan fingerprint density at radius 1 is 1.35 bits per heavy atom. The molecule has 4 nitrogen and oxygen atoms in total. The molecule has 0 bridgehead atoms. The Morgan fingerprint density at radius 3 is 2.59 bits per heavy atom. The van der Waals surface area contributed by atoms with E-state index in [1.807, 2.05) is 20.8 Å². The lowest BCUT2D eigenvalue weighted by Gasteiger charge is -2.24. The number of nitrogens with one attached hydrogen (secondary N) is 2. The van der Waals surface area contributed by atoms with Gasteiger partial charge in [-0.25, -0.2) is 0 Å². The van der Waals surface area contributed by atoms with Crippen molar-refractivity contribution in [2.24, 2.45) is 0 Å². The highest BCUT2D eigenvalue weighted by Gasteiger charge is 2.25. The van der Waals surface area contributed by atoms with Crippen LogP contribution in [0, 0.1) is 0 Å². The van der Waals surface area contributed by atoms with Crippen molar-refractivity contribution < 1.29 is 9.53 Å². The lowest BCUT2D eigenvalue weighted by Crippen LogP contribution is -2.53. The van der Waals surface area contributed by atoms with E-state index in [1.54, 1.807) is 0 Å². The maximum atomic E-state index is 11.8. The Morgan fingerprint density at radius 2 is 2.00 bits per heavy atom. The molecule has 17 heavy (non-hydrogen) atoms. The van der Waals surface area contributed by atoms with Crippen molar-refractivity contribution in [3.8, 4) is 0 Å². The van der Waals surface area contributed by atoms with Gasteiger partial charge in [-0.1, -0.05) is 19.8 Å². The lowest BCUT2D eigenvalue weighted by molar-refractivity contribution is -0.126. The van der Waals surface area contributed by atoms with Crippen LogP contribution >= 0.6 is 0 Å². The van der Waals surface area contributed by atoms with Gasteiger partial charge in [0.1, 0.15) is 0 Å². The van der Waals surface area contributed by atoms with Crippen LogP contribution in [0.2, 0.25) is 0 Å². The van der Waals surface area contributed by atoms with Gasteiger partial charge in [0.15, 0.2) is 0 Å². The van der Waals surface area contributed by atoms with Crippen LogP contribution in [-0.2, 0) is 9.53 Å². The van der Waals surface area contributed by atoms with Gasteiger partial charge in [0.2, 0.25) is 5.91 Å². The molecule has 1 saturated carbocycles. The van der Waals surface area contributed by atoms with Gasteiger partial charge in [0.25, 0.3) is 0 Å². The quantitative estimate of drug-likeness (QED) is 0.664. The average molecular weight is 242 g/mol. The second kappa shape index (κ2) is 6.97. The molecule has 0 spiro atoms. The molecule has 0 aromatic carbocycles. The maximum absolute atomic E-state index is 11.8. The number of hydrogen-bond donors (Lipinski definition) is 2. The fourth-order valence-electron chi connectivity index (χ4n) is 2.19. The third-order valence-electron chi connectivity index (χ3n) is 3.23. The Balaban J connectivity index is 2.10. The fraction of sp³-hybridized carbons (Fsp3) is 0.923. The van der Waals surface area contributed by atoms with E-state index >= 15 is 0 Å². The number of carbonyl (C=O) groups is 1. The van der Waals surface area contributed by atoms with Crippen LogP contribution in [0.15, 0.2) is 0 Å². The Kier molecular flexibility index (Phi) is 5.92. The topological polar surface area (TPSA) is 50.4 Å². The van der Waals surface area contributed by atoms with E-state index in [0.29, 0.717) is 19.3 Å². The number of amides is 1. The normalized spacial score (nSPS) is 17.4. The SMILES string of the molecule is CCNC(C)(C)C(=O)NCCOC1CCCC1. The highest BCUT2D eigenvalue weighted by Crippen LogP contribution is 2.20. The van der Waals surface area contributed by atoms with E-state index in [2.05, 4.69) is 10.6 Å². The van der Waals surface area contributed by atoms with Crippen molar-refractivity contribution in [2.75, 3.05) is 19.7 Å². The van der Waals surface area contributed by atoms with Crippen molar-refractivity contribution in [3.63, 3.8) is 0 Å². The maximum Gasteiger partial charge on any atom is 0.239 e. The minimum absolute atomic E-state index is 0.0365. The number of hydrogen-bond acceptors (Lipinski definition) is 3. The molecule has 0 saturated heterocycles. The molecule has 1 fully saturated rings. The molecule has 0 aromatic heterocycles. The molecular formula is C13H26N2O2. The predicted octanol–water partition coefficient (Wildman–Crippen LogP) is 1.45. The first-order valence-corrected chi connectivity index (χ1v) is 6.71. The van der Waals surface area contributed by atoms with Crippen LogP contribution in [-0.4, -0.2) is 37.2 Å². The third kappa shape index (κ3) is 5.04. The first-order chi connectivity index (χ1) is 8.06. The molecule has 100 valence electrons. The molecule has 1 rings (SSSR count). The summed E-state index contributed by atoms with van der Waals surface area (Å²) >= 11 is 0. The molecule has 1 amide bonds. The molecule has 0 atom stereocenters. The summed E-state index contributed by atoms with van der Waals surface area (Å²) in [4.78, 5) is 11.8. The summed E-state index contributed by atoms with van der Waals surface area (Å²) in [6, 6.07) is 0. The molecule has 4 heteroatoms. The van der Waals surface area contributed by atoms with Gasteiger partial charge in [-0.3, -0.25) is 4.79 Å². The van der Waals surface area contributed by atoms with Crippen LogP contribution in [0.3, 0.4) is 0 Å². The van der Waals surface area contributed by atoms with Gasteiger partial charge in [-0.05, 0) is 33.2 Å². The van der Waals surface area contributed by atoms with Crippen molar-refractivity contribution >= 4 is 5.91 Å². The molecule has 1 aliphatic rings. The zero-order valence-electron chi connectivity index (χ0n) is 11.3. The Hall–Kier alpha value is -0.610. The van der Waals surface area contributed by atoms with E-state index < -0.39 is 5.54 Å². The summed E-state index contributed by atoms with van der Waals surface area (Å²) in [6.45, 7) is 7.80. The zero-order chi connectivity index (χ0) is 12.7. The van der Waals surface area contributed by atoms with Gasteiger partial charge in [-0.2, -0.15) is 0 Å². The summed E-state index contributed by atoms with van der Waals surface area (Å²) in [6.07, 6.45) is 5.34. The summed E-state index contributed by atoms with van der Waals surface area (Å²) in [5.41, 5.74) is -0.498. The van der Waals surface area contributed by atoms with E-state index in [-0.39, 0.29) is 5.91 Å². The molecule has 1 aliphatic carbocycles. The van der Waals surface area contributed by atoms with Gasteiger partial charge < -0.3 is 15.4 Å². The van der Waals surface area contributed by atoms with E-state index in [4.69, 9.17) is 4.74 Å². The van der Waals surface area contributed by atoms with Crippen molar-refractivity contribution in [1.29, 1.82) is 0 Å². The monoisotopic (exact) mass is 242 g/mol. The standard InChI is InChI=1S/C13H26N2O2/c1-4-15-13(2,3)12(16)14-9-10-17-11-7-5-6-8-11/h11,15H,4-10H2,1-3H3,(H,14,16). The molecule has 0 aromatic rings. The number of carbonyl (C=O) groups excluding carboxylic acids is 1. The van der Waals surface area contributed by atoms with Crippen molar-refractivity contribution in [1.82, 2.24) is 10.6 Å². The fourth-order valence-corrected chi connectivity index (χ4v) is 2.19. The first-order valence-electron chi connectivity index (χ1n) is 6.71. The molecule has 0 radical (unpaired) electrons.